The minimum absolute atomic E-state index is 0.0756. The fourth-order valence-electron chi connectivity index (χ4n) is 8.18. The maximum absolute atomic E-state index is 13.3. The smallest absolute Gasteiger partial charge is 0.328 e. The second-order valence-electron chi connectivity index (χ2n) is 17.1. The molecule has 0 saturated carbocycles. The van der Waals surface area contributed by atoms with E-state index in [1.165, 1.54) is 4.68 Å². The highest BCUT2D eigenvalue weighted by atomic mass is 16.5. The standard InChI is InChI=1S/C43H52N12O5/c1-26-21-29(7-12-33(26)27(2)44-38(57)39-47-41(50-60-39)43(3,4)5)34-23-35(40(58)51(6)48-34)45-36-22-32-25-52(19-20-55(32)49-36)24-28-13-16-53(17-14-28)30-8-10-31(11-9-30)54-18-15-37(56)46-42(54)59/h7-12,21-23,27-28H,13-20,24-25H2,1-6H3,(H,44,57)(H,45,49)(H,46,56,59)/t27-/m1/s1. The number of fused-ring (bicyclic) bond motifs is 1. The fraction of sp³-hybridized carbons (Fsp3) is 0.442. The number of carbonyl (C=O) groups is 3. The lowest BCUT2D eigenvalue weighted by molar-refractivity contribution is -0.120. The Labute approximate surface area is 348 Å². The first-order valence-electron chi connectivity index (χ1n) is 20.6. The highest BCUT2D eigenvalue weighted by molar-refractivity contribution is 6.05. The molecule has 2 fully saturated rings. The van der Waals surface area contributed by atoms with Gasteiger partial charge in [0.05, 0.1) is 24.0 Å². The molecule has 4 amide bonds. The van der Waals surface area contributed by atoms with Crippen LogP contribution < -0.4 is 31.3 Å². The van der Waals surface area contributed by atoms with Crippen LogP contribution >= 0.6 is 0 Å². The number of benzene rings is 2. The average molecular weight is 817 g/mol. The monoisotopic (exact) mass is 816 g/mol. The Bertz CT molecular complexity index is 2470. The van der Waals surface area contributed by atoms with Gasteiger partial charge in [0, 0.05) is 81.2 Å². The molecule has 0 radical (unpaired) electrons. The van der Waals surface area contributed by atoms with E-state index in [9.17, 15) is 19.2 Å². The quantitative estimate of drug-likeness (QED) is 0.171. The molecule has 1 atom stereocenters. The zero-order chi connectivity index (χ0) is 42.3. The second kappa shape index (κ2) is 16.4. The van der Waals surface area contributed by atoms with Gasteiger partial charge < -0.3 is 20.1 Å². The fourth-order valence-corrected chi connectivity index (χ4v) is 8.18. The molecule has 0 unspecified atom stereocenters. The summed E-state index contributed by atoms with van der Waals surface area (Å²) < 4.78 is 8.58. The molecule has 17 nitrogen and oxygen atoms in total. The lowest BCUT2D eigenvalue weighted by atomic mass is 9.95. The zero-order valence-electron chi connectivity index (χ0n) is 35.0. The lowest BCUT2D eigenvalue weighted by Gasteiger charge is -2.37. The number of hydrogen-bond acceptors (Lipinski definition) is 12. The number of rotatable bonds is 10. The lowest BCUT2D eigenvalue weighted by Crippen LogP contribution is -2.49. The molecule has 0 bridgehead atoms. The molecule has 3 aliphatic heterocycles. The molecule has 2 aromatic carbocycles. The summed E-state index contributed by atoms with van der Waals surface area (Å²) in [6.07, 6.45) is 2.48. The summed E-state index contributed by atoms with van der Waals surface area (Å²) in [4.78, 5) is 60.8. The number of urea groups is 1. The summed E-state index contributed by atoms with van der Waals surface area (Å²) in [5.74, 6) is 0.910. The van der Waals surface area contributed by atoms with Crippen molar-refractivity contribution in [3.05, 3.63) is 93.5 Å². The molecule has 3 aromatic heterocycles. The van der Waals surface area contributed by atoms with Gasteiger partial charge in [0.2, 0.25) is 5.91 Å². The molecule has 3 N–H and O–H groups in total. The molecule has 5 aromatic rings. The van der Waals surface area contributed by atoms with Crippen molar-refractivity contribution in [2.45, 2.75) is 78.4 Å². The van der Waals surface area contributed by atoms with Crippen LogP contribution in [0.4, 0.5) is 27.7 Å². The number of carbonyl (C=O) groups excluding carboxylic acids is 3. The van der Waals surface area contributed by atoms with Crippen LogP contribution in [0.2, 0.25) is 0 Å². The number of amides is 4. The minimum atomic E-state index is -0.441. The third-order valence-electron chi connectivity index (χ3n) is 11.6. The van der Waals surface area contributed by atoms with Crippen LogP contribution in [-0.2, 0) is 30.3 Å². The number of nitrogens with zero attached hydrogens (tertiary/aromatic N) is 9. The van der Waals surface area contributed by atoms with Crippen molar-refractivity contribution in [2.75, 3.05) is 47.8 Å². The zero-order valence-corrected chi connectivity index (χ0v) is 35.0. The van der Waals surface area contributed by atoms with Crippen molar-refractivity contribution >= 4 is 40.7 Å². The van der Waals surface area contributed by atoms with Crippen LogP contribution in [0, 0.1) is 12.8 Å². The van der Waals surface area contributed by atoms with Crippen LogP contribution in [-0.4, -0.2) is 85.2 Å². The molecule has 0 aliphatic carbocycles. The summed E-state index contributed by atoms with van der Waals surface area (Å²) in [6.45, 7) is 15.5. The molecule has 314 valence electrons. The van der Waals surface area contributed by atoms with E-state index in [-0.39, 0.29) is 34.8 Å². The maximum atomic E-state index is 13.3. The van der Waals surface area contributed by atoms with Gasteiger partial charge >= 0.3 is 17.8 Å². The van der Waals surface area contributed by atoms with E-state index in [2.05, 4.69) is 53.1 Å². The Morgan fingerprint density at radius 2 is 1.70 bits per heavy atom. The summed E-state index contributed by atoms with van der Waals surface area (Å²) in [5, 5.41) is 21.9. The summed E-state index contributed by atoms with van der Waals surface area (Å²) >= 11 is 0. The van der Waals surface area contributed by atoms with E-state index >= 15 is 0 Å². The number of imide groups is 1. The number of nitrogens with one attached hydrogen (secondary N) is 3. The van der Waals surface area contributed by atoms with Crippen LogP contribution in [0.15, 0.2) is 63.9 Å². The molecule has 2 saturated heterocycles. The third kappa shape index (κ3) is 8.66. The highest BCUT2D eigenvalue weighted by Crippen LogP contribution is 2.30. The Balaban J connectivity index is 0.859. The van der Waals surface area contributed by atoms with E-state index in [4.69, 9.17) is 9.62 Å². The Hall–Kier alpha value is -6.36. The van der Waals surface area contributed by atoms with Gasteiger partial charge in [-0.3, -0.25) is 34.2 Å². The van der Waals surface area contributed by atoms with Crippen LogP contribution in [0.5, 0.6) is 0 Å². The summed E-state index contributed by atoms with van der Waals surface area (Å²) in [6, 6.07) is 17.0. The molecule has 60 heavy (non-hydrogen) atoms. The number of piperidine rings is 1. The van der Waals surface area contributed by atoms with Crippen LogP contribution in [0.1, 0.15) is 86.3 Å². The molecule has 6 heterocycles. The molecule has 17 heteroatoms. The molecular weight excluding hydrogens is 765 g/mol. The average Bonchev–Trinajstić information content (AvgIpc) is 3.88. The van der Waals surface area contributed by atoms with Crippen molar-refractivity contribution in [2.24, 2.45) is 13.0 Å². The molecular formula is C43H52N12O5. The van der Waals surface area contributed by atoms with Gasteiger partial charge in [0.1, 0.15) is 5.69 Å². The Morgan fingerprint density at radius 1 is 0.950 bits per heavy atom. The van der Waals surface area contributed by atoms with Gasteiger partial charge in [0.15, 0.2) is 11.6 Å². The van der Waals surface area contributed by atoms with Gasteiger partial charge in [-0.05, 0) is 80.1 Å². The first kappa shape index (κ1) is 40.4. The largest absolute Gasteiger partial charge is 0.372 e. The maximum Gasteiger partial charge on any atom is 0.328 e. The molecule has 8 rings (SSSR count). The van der Waals surface area contributed by atoms with E-state index < -0.39 is 5.91 Å². The van der Waals surface area contributed by atoms with E-state index in [0.29, 0.717) is 41.9 Å². The Kier molecular flexibility index (Phi) is 11.0. The van der Waals surface area contributed by atoms with Gasteiger partial charge in [0.25, 0.3) is 5.56 Å². The SMILES string of the molecule is Cc1cc(-c2cc(Nc3cc4n(n3)CCN(CC3CCN(c5ccc(N6CCC(=O)NC6=O)cc5)CC3)C4)c(=O)n(C)n2)ccc1[C@@H](C)NC(=O)c1nc(C(C)(C)C)no1. The third-order valence-corrected chi connectivity index (χ3v) is 11.6. The molecule has 3 aliphatic rings. The van der Waals surface area contributed by atoms with Crippen molar-refractivity contribution in [1.82, 2.24) is 45.2 Å². The van der Waals surface area contributed by atoms with Crippen molar-refractivity contribution in [1.29, 1.82) is 0 Å². The Morgan fingerprint density at radius 3 is 2.40 bits per heavy atom. The second-order valence-corrected chi connectivity index (χ2v) is 17.1. The van der Waals surface area contributed by atoms with E-state index in [1.54, 1.807) is 18.0 Å². The predicted molar refractivity (Wildman–Crippen MR) is 226 cm³/mol. The number of anilines is 4. The molecule has 0 spiro atoms. The summed E-state index contributed by atoms with van der Waals surface area (Å²) in [7, 11) is 1.64. The van der Waals surface area contributed by atoms with Gasteiger partial charge in [-0.1, -0.05) is 38.1 Å². The first-order chi connectivity index (χ1) is 28.7. The summed E-state index contributed by atoms with van der Waals surface area (Å²) in [5.41, 5.74) is 6.11. The highest BCUT2D eigenvalue weighted by Gasteiger charge is 2.28. The van der Waals surface area contributed by atoms with E-state index in [1.807, 2.05) is 75.7 Å². The number of aryl methyl sites for hydroxylation is 2. The minimum Gasteiger partial charge on any atom is -0.372 e. The van der Waals surface area contributed by atoms with Crippen molar-refractivity contribution in [3.63, 3.8) is 0 Å². The first-order valence-corrected chi connectivity index (χ1v) is 20.6. The topological polar surface area (TPSA) is 189 Å². The van der Waals surface area contributed by atoms with Gasteiger partial charge in [-0.25, -0.2) is 9.48 Å². The van der Waals surface area contributed by atoms with Gasteiger partial charge in [-0.2, -0.15) is 15.2 Å². The van der Waals surface area contributed by atoms with Gasteiger partial charge in [-0.15, -0.1) is 0 Å². The van der Waals surface area contributed by atoms with Crippen molar-refractivity contribution in [3.8, 4) is 11.3 Å². The van der Waals surface area contributed by atoms with Crippen LogP contribution in [0.3, 0.4) is 0 Å². The predicted octanol–water partition coefficient (Wildman–Crippen LogP) is 5.05. The number of hydrogen-bond donors (Lipinski definition) is 3. The number of aromatic nitrogens is 6. The van der Waals surface area contributed by atoms with E-state index in [0.717, 1.165) is 85.9 Å². The van der Waals surface area contributed by atoms with Crippen molar-refractivity contribution < 1.29 is 18.9 Å². The van der Waals surface area contributed by atoms with Crippen LogP contribution in [0.25, 0.3) is 11.3 Å². The normalized spacial score (nSPS) is 17.0.